The molecule has 21 aromatic rings. The van der Waals surface area contributed by atoms with E-state index in [0.717, 1.165) is 183 Å². The zero-order valence-corrected chi connectivity index (χ0v) is 77.0. The van der Waals surface area contributed by atoms with Crippen molar-refractivity contribution in [2.75, 3.05) is 0 Å². The van der Waals surface area contributed by atoms with Gasteiger partial charge in [0.05, 0.1) is 69.4 Å². The van der Waals surface area contributed by atoms with Gasteiger partial charge in [0.25, 0.3) is 0 Å². The second kappa shape index (κ2) is 34.7. The minimum Gasteiger partial charge on any atom is -0.657 e. The quantitative estimate of drug-likeness (QED) is 0.148. The molecule has 0 fully saturated rings. The predicted molar refractivity (Wildman–Crippen MR) is 529 cm³/mol. The maximum absolute atomic E-state index is 5.76. The monoisotopic (exact) mass is 2010 g/mol. The second-order valence-electron chi connectivity index (χ2n) is 33.0. The smallest absolute Gasteiger partial charge is 0.657 e. The first-order chi connectivity index (χ1) is 65.5. The molecule has 0 radical (unpaired) electrons. The average molecular weight is 2010 g/mol. The first-order valence-electron chi connectivity index (χ1n) is 43.5. The molecule has 0 saturated heterocycles. The summed E-state index contributed by atoms with van der Waals surface area (Å²) >= 11 is 0. The summed E-state index contributed by atoms with van der Waals surface area (Å²) in [5.74, 6) is 7.16. The molecule has 135 heavy (non-hydrogen) atoms. The van der Waals surface area contributed by atoms with Crippen LogP contribution in [0.4, 0.5) is 0 Å². The number of hydrogen-bond acceptors (Lipinski definition) is 14. The van der Waals surface area contributed by atoms with Gasteiger partial charge in [-0.15, -0.1) is 28.5 Å². The van der Waals surface area contributed by atoms with Crippen LogP contribution in [0.5, 0.6) is 0 Å². The number of terminal acetylenes is 1. The van der Waals surface area contributed by atoms with Crippen LogP contribution in [-0.4, -0.2) is 69.8 Å². The molecule has 15 heterocycles. The summed E-state index contributed by atoms with van der Waals surface area (Å²) in [6.07, 6.45) is 14.1. The minimum absolute atomic E-state index is 0. The van der Waals surface area contributed by atoms with E-state index in [9.17, 15) is 0 Å². The van der Waals surface area contributed by atoms with Gasteiger partial charge in [0.1, 0.15) is 0 Å². The Morgan fingerprint density at radius 1 is 0.193 bits per heavy atom. The van der Waals surface area contributed by atoms with Crippen molar-refractivity contribution in [2.24, 2.45) is 0 Å². The molecule has 0 atom stereocenters. The number of aryl methyl sites for hydroxylation is 3. The van der Waals surface area contributed by atoms with Crippen molar-refractivity contribution in [1.29, 1.82) is 0 Å². The molecule has 9 aromatic heterocycles. The van der Waals surface area contributed by atoms with E-state index in [1.165, 1.54) is 16.7 Å². The molecule has 0 spiro atoms. The molecule has 24 bridgehead atoms. The number of nitrogens with zero attached hydrogens (tertiary/aromatic N) is 20. The number of hydrogen-bond donors (Lipinski definition) is 0. The van der Waals surface area contributed by atoms with Crippen molar-refractivity contribution < 1.29 is 98.8 Å². The fourth-order valence-corrected chi connectivity index (χ4v) is 18.1. The predicted octanol–water partition coefficient (Wildman–Crippen LogP) is 23.7. The van der Waals surface area contributed by atoms with Gasteiger partial charge in [-0.2, -0.15) is 0 Å². The third kappa shape index (κ3) is 15.1. The number of rotatable bonds is 4. The topological polar surface area (TPSA) is 265 Å². The van der Waals surface area contributed by atoms with Crippen LogP contribution >= 0.6 is 0 Å². The summed E-state index contributed by atoms with van der Waals surface area (Å²) in [6.45, 7) is 6.31. The maximum Gasteiger partial charge on any atom is 3.00 e. The first-order valence-corrected chi connectivity index (χ1v) is 43.5. The molecular weight excluding hydrogens is 1940 g/mol. The van der Waals surface area contributed by atoms with Crippen molar-refractivity contribution in [3.63, 3.8) is 0 Å². The largest absolute Gasteiger partial charge is 3.00 e. The van der Waals surface area contributed by atoms with Crippen LogP contribution in [0.25, 0.3) is 270 Å². The van der Waals surface area contributed by atoms with E-state index in [2.05, 4.69) is 160 Å². The normalized spacial score (nSPS) is 11.8. The second-order valence-corrected chi connectivity index (χ2v) is 33.0. The van der Waals surface area contributed by atoms with Crippen molar-refractivity contribution in [2.45, 2.75) is 20.8 Å². The van der Waals surface area contributed by atoms with Crippen LogP contribution in [-0.2, 0) is 0 Å². The molecular formula is C113H66Eu2N20. The van der Waals surface area contributed by atoms with Gasteiger partial charge in [-0.25, -0.2) is 29.9 Å². The van der Waals surface area contributed by atoms with Crippen LogP contribution in [0.15, 0.2) is 315 Å². The number of benzene rings is 12. The SMILES string of the molecule is C#Cc1ccc(-c2c3nc(c(-c4ccc(C)cc4)c4ccc([n-]4)c(-c4ccc(C)cc4)c4nc(c(-c5ccc(C)cc5)c5ccc2[n-]5)C=C4)C=C3)cc1.[Eu+3].[Eu+3].c1ccc2c(c1)-c1nc-2nc2[n-]c(nc3nc(nc4[n-]c(n1)c1ccccc41)-c1ccccc1-3)c1ccccc21.c1ccc2c(c1)-c1nc-2nc2[n-]c(nc3nc(nc4[n-]c(n1)c1ccccc41)-c1ccccc1-3)c1ccccc21. The third-order valence-corrected chi connectivity index (χ3v) is 24.6. The Labute approximate surface area is 852 Å². The molecule has 20 nitrogen and oxygen atoms in total. The Balaban J connectivity index is 0.000000115. The van der Waals surface area contributed by atoms with Gasteiger partial charge in [0, 0.05) is 95.2 Å². The molecule has 6 aliphatic rings. The Bertz CT molecular complexity index is 8190. The van der Waals surface area contributed by atoms with Crippen LogP contribution in [0.2, 0.25) is 0 Å². The van der Waals surface area contributed by atoms with Crippen molar-refractivity contribution in [1.82, 2.24) is 99.7 Å². The van der Waals surface area contributed by atoms with Gasteiger partial charge >= 0.3 is 98.8 Å². The Hall–Kier alpha value is -15.3. The van der Waals surface area contributed by atoms with Gasteiger partial charge in [-0.1, -0.05) is 326 Å². The molecule has 0 saturated carbocycles. The van der Waals surface area contributed by atoms with E-state index in [4.69, 9.17) is 106 Å². The summed E-state index contributed by atoms with van der Waals surface area (Å²) in [6, 6.07) is 106. The molecule has 12 aromatic carbocycles. The van der Waals surface area contributed by atoms with Crippen molar-refractivity contribution in [3.8, 4) is 148 Å². The van der Waals surface area contributed by atoms with E-state index in [1.54, 1.807) is 0 Å². The molecule has 27 rings (SSSR count). The third-order valence-electron chi connectivity index (χ3n) is 24.6. The van der Waals surface area contributed by atoms with Crippen LogP contribution in [0.1, 0.15) is 45.0 Å². The molecule has 0 amide bonds. The summed E-state index contributed by atoms with van der Waals surface area (Å²) in [5, 5.41) is 7.15. The summed E-state index contributed by atoms with van der Waals surface area (Å²) in [4.78, 5) is 100.0. The minimum atomic E-state index is 0. The summed E-state index contributed by atoms with van der Waals surface area (Å²) in [5.41, 5.74) is 30.6. The zero-order chi connectivity index (χ0) is 88.5. The van der Waals surface area contributed by atoms with E-state index < -0.39 is 0 Å². The van der Waals surface area contributed by atoms with Gasteiger partial charge < -0.3 is 69.8 Å². The fourth-order valence-electron chi connectivity index (χ4n) is 18.1. The van der Waals surface area contributed by atoms with Crippen LogP contribution in [0, 0.1) is 132 Å². The first kappa shape index (κ1) is 84.0. The molecule has 22 heteroatoms. The summed E-state index contributed by atoms with van der Waals surface area (Å²) in [7, 11) is 0. The Morgan fingerprint density at radius 3 is 0.556 bits per heavy atom. The van der Waals surface area contributed by atoms with E-state index in [-0.39, 0.29) is 98.8 Å². The summed E-state index contributed by atoms with van der Waals surface area (Å²) < 4.78 is 0. The Morgan fingerprint density at radius 2 is 0.370 bits per heavy atom. The maximum atomic E-state index is 5.76. The number of aromatic nitrogens is 20. The average Bonchev–Trinajstić information content (AvgIpc) is 1.61. The van der Waals surface area contributed by atoms with Crippen LogP contribution in [0.3, 0.4) is 0 Å². The van der Waals surface area contributed by atoms with E-state index in [0.29, 0.717) is 91.8 Å². The van der Waals surface area contributed by atoms with Crippen molar-refractivity contribution >= 4 is 135 Å². The van der Waals surface area contributed by atoms with E-state index in [1.807, 2.05) is 206 Å². The van der Waals surface area contributed by atoms with E-state index >= 15 is 0 Å². The van der Waals surface area contributed by atoms with Crippen molar-refractivity contribution in [3.05, 3.63) is 360 Å². The zero-order valence-electron chi connectivity index (χ0n) is 72.1. The molecule has 0 aliphatic carbocycles. The van der Waals surface area contributed by atoms with Gasteiger partial charge in [0.15, 0.2) is 0 Å². The van der Waals surface area contributed by atoms with Crippen LogP contribution < -0.4 is 29.9 Å². The molecule has 632 valence electrons. The Kier molecular flexibility index (Phi) is 21.6. The number of fused-ring (bicyclic) bond motifs is 48. The molecule has 6 aliphatic heterocycles. The fraction of sp³-hybridized carbons (Fsp3) is 0.0265. The molecule has 0 unspecified atom stereocenters. The molecule has 0 N–H and O–H groups in total. The van der Waals surface area contributed by atoms with Gasteiger partial charge in [0.2, 0.25) is 0 Å². The standard InChI is InChI=1S/C49H34N4.2C32H16N8.2Eu/c1-5-33-12-20-37(21-13-33)49-44-28-26-42(52-44)47(35-16-8-31(3)9-17-35)40-24-22-38(50-40)46(34-14-6-30(2)7-15-34)39-23-25-41(51-39)48(43-27-29-45(49)53-43)36-18-10-32(4)11-19-36;2*1-2-10-18-17(9-1)25-33-26(18)38-28-21-13-5-6-14-22(21)30(35-28)40-32-24-16-8-7-15-23(24)31(36-32)39-29-20-12-4-3-11-19(20)27(34-29)37-25;;/h1,6-29H,2-4H3;2*1-16H;;/q3*-2;2*+3. The van der Waals surface area contributed by atoms with Gasteiger partial charge in [-0.05, 0) is 145 Å². The van der Waals surface area contributed by atoms with Gasteiger partial charge in [-0.3, -0.25) is 0 Å².